The van der Waals surface area contributed by atoms with E-state index >= 15 is 0 Å². The fourth-order valence-electron chi connectivity index (χ4n) is 1.34. The van der Waals surface area contributed by atoms with Crippen molar-refractivity contribution in [3.8, 4) is 11.8 Å². The maximum Gasteiger partial charge on any atom is 0.224 e. The van der Waals surface area contributed by atoms with E-state index in [2.05, 4.69) is 17.2 Å². The highest BCUT2D eigenvalue weighted by Crippen LogP contribution is 2.03. The van der Waals surface area contributed by atoms with Crippen LogP contribution in [-0.2, 0) is 11.2 Å². The lowest BCUT2D eigenvalue weighted by atomic mass is 10.1. The van der Waals surface area contributed by atoms with Gasteiger partial charge in [0.2, 0.25) is 5.91 Å². The fraction of sp³-hybridized carbons (Fsp3) is 0.357. The number of carbonyl (C=O) groups is 1. The Hall–Kier alpha value is -1.75. The van der Waals surface area contributed by atoms with E-state index in [9.17, 15) is 4.79 Å². The zero-order valence-electron chi connectivity index (χ0n) is 9.84. The van der Waals surface area contributed by atoms with Crippen molar-refractivity contribution in [3.05, 3.63) is 35.4 Å². The molecule has 84 valence electrons. The number of hydrogen-bond donors (Lipinski definition) is 1. The molecule has 0 saturated carbocycles. The Balaban J connectivity index is 2.33. The lowest BCUT2D eigenvalue weighted by Crippen LogP contribution is -2.25. The molecule has 0 unspecified atom stereocenters. The summed E-state index contributed by atoms with van der Waals surface area (Å²) in [7, 11) is 0. The highest BCUT2D eigenvalue weighted by atomic mass is 16.1. The van der Waals surface area contributed by atoms with Gasteiger partial charge < -0.3 is 5.32 Å². The largest absolute Gasteiger partial charge is 0.355 e. The van der Waals surface area contributed by atoms with Crippen LogP contribution in [0, 0.1) is 18.8 Å². The lowest BCUT2D eigenvalue weighted by molar-refractivity contribution is -0.120. The Kier molecular flexibility index (Phi) is 5.15. The van der Waals surface area contributed by atoms with E-state index in [1.165, 1.54) is 5.56 Å². The van der Waals surface area contributed by atoms with E-state index in [-0.39, 0.29) is 5.91 Å². The smallest absolute Gasteiger partial charge is 0.224 e. The first-order valence-corrected chi connectivity index (χ1v) is 5.44. The molecule has 1 N–H and O–H groups in total. The number of hydrogen-bond acceptors (Lipinski definition) is 1. The summed E-state index contributed by atoms with van der Waals surface area (Å²) in [5, 5.41) is 2.84. The predicted octanol–water partition coefficient (Wildman–Crippen LogP) is 2.07. The van der Waals surface area contributed by atoms with E-state index < -0.39 is 0 Å². The first kappa shape index (κ1) is 12.3. The van der Waals surface area contributed by atoms with Gasteiger partial charge in [0.1, 0.15) is 0 Å². The molecule has 0 spiro atoms. The molecule has 0 fully saturated rings. The number of carbonyl (C=O) groups excluding carboxylic acids is 1. The molecule has 0 radical (unpaired) electrons. The molecule has 0 bridgehead atoms. The van der Waals surface area contributed by atoms with Crippen LogP contribution >= 0.6 is 0 Å². The van der Waals surface area contributed by atoms with Gasteiger partial charge in [-0.3, -0.25) is 4.79 Å². The van der Waals surface area contributed by atoms with E-state index in [0.29, 0.717) is 13.0 Å². The SMILES string of the molecule is CC#CCCNC(=O)Cc1ccc(C)cc1. The van der Waals surface area contributed by atoms with Crippen LogP contribution in [0.5, 0.6) is 0 Å². The van der Waals surface area contributed by atoms with Crippen molar-refractivity contribution in [2.75, 3.05) is 6.54 Å². The molecule has 0 aliphatic rings. The highest BCUT2D eigenvalue weighted by Gasteiger charge is 2.01. The summed E-state index contributed by atoms with van der Waals surface area (Å²) in [6.45, 7) is 4.47. The monoisotopic (exact) mass is 215 g/mol. The summed E-state index contributed by atoms with van der Waals surface area (Å²) in [5.74, 6) is 5.76. The second kappa shape index (κ2) is 6.68. The molecule has 0 aromatic heterocycles. The number of rotatable bonds is 4. The normalized spacial score (nSPS) is 9.12. The van der Waals surface area contributed by atoms with Crippen LogP contribution in [0.4, 0.5) is 0 Å². The van der Waals surface area contributed by atoms with Crippen molar-refractivity contribution in [2.24, 2.45) is 0 Å². The maximum atomic E-state index is 11.5. The van der Waals surface area contributed by atoms with Gasteiger partial charge in [-0.25, -0.2) is 0 Å². The third kappa shape index (κ3) is 4.65. The molecule has 1 rings (SSSR count). The van der Waals surface area contributed by atoms with Crippen LogP contribution in [0.3, 0.4) is 0 Å². The lowest BCUT2D eigenvalue weighted by Gasteiger charge is -2.03. The third-order valence-corrected chi connectivity index (χ3v) is 2.23. The summed E-state index contributed by atoms with van der Waals surface area (Å²) < 4.78 is 0. The number of nitrogens with one attached hydrogen (secondary N) is 1. The average Bonchev–Trinajstić information content (AvgIpc) is 2.28. The maximum absolute atomic E-state index is 11.5. The Morgan fingerprint density at radius 1 is 1.31 bits per heavy atom. The topological polar surface area (TPSA) is 29.1 Å². The van der Waals surface area contributed by atoms with Crippen molar-refractivity contribution < 1.29 is 4.79 Å². The van der Waals surface area contributed by atoms with Gasteiger partial charge in [-0.2, -0.15) is 0 Å². The summed E-state index contributed by atoms with van der Waals surface area (Å²) in [4.78, 5) is 11.5. The van der Waals surface area contributed by atoms with Crippen molar-refractivity contribution in [3.63, 3.8) is 0 Å². The van der Waals surface area contributed by atoms with E-state index in [1.807, 2.05) is 31.2 Å². The zero-order chi connectivity index (χ0) is 11.8. The fourth-order valence-corrected chi connectivity index (χ4v) is 1.34. The summed E-state index contributed by atoms with van der Waals surface area (Å²) in [6, 6.07) is 8.01. The second-order valence-corrected chi connectivity index (χ2v) is 3.69. The molecule has 16 heavy (non-hydrogen) atoms. The van der Waals surface area contributed by atoms with E-state index in [1.54, 1.807) is 6.92 Å². The van der Waals surface area contributed by atoms with E-state index in [0.717, 1.165) is 12.0 Å². The molecule has 0 aliphatic heterocycles. The van der Waals surface area contributed by atoms with Crippen molar-refractivity contribution >= 4 is 5.91 Å². The summed E-state index contributed by atoms with van der Waals surface area (Å²) in [6.07, 6.45) is 1.16. The van der Waals surface area contributed by atoms with Crippen molar-refractivity contribution in [2.45, 2.75) is 26.7 Å². The van der Waals surface area contributed by atoms with Gasteiger partial charge in [-0.1, -0.05) is 29.8 Å². The van der Waals surface area contributed by atoms with Gasteiger partial charge >= 0.3 is 0 Å². The van der Waals surface area contributed by atoms with Gasteiger partial charge in [0.25, 0.3) is 0 Å². The Morgan fingerprint density at radius 3 is 2.62 bits per heavy atom. The third-order valence-electron chi connectivity index (χ3n) is 2.23. The van der Waals surface area contributed by atoms with Crippen LogP contribution in [0.15, 0.2) is 24.3 Å². The molecule has 0 saturated heterocycles. The van der Waals surface area contributed by atoms with Crippen LogP contribution in [-0.4, -0.2) is 12.5 Å². The van der Waals surface area contributed by atoms with Gasteiger partial charge in [0.05, 0.1) is 6.42 Å². The predicted molar refractivity (Wildman–Crippen MR) is 66.0 cm³/mol. The molecule has 0 heterocycles. The van der Waals surface area contributed by atoms with Gasteiger partial charge in [0.15, 0.2) is 0 Å². The Morgan fingerprint density at radius 2 is 2.00 bits per heavy atom. The van der Waals surface area contributed by atoms with Gasteiger partial charge in [-0.15, -0.1) is 11.8 Å². The van der Waals surface area contributed by atoms with Gasteiger partial charge in [0, 0.05) is 13.0 Å². The molecule has 2 nitrogen and oxygen atoms in total. The molecule has 0 aliphatic carbocycles. The standard InChI is InChI=1S/C14H17NO/c1-3-4-5-10-15-14(16)11-13-8-6-12(2)7-9-13/h6-9H,5,10-11H2,1-2H3,(H,15,16). The Labute approximate surface area is 97.1 Å². The Bertz CT molecular complexity index is 395. The van der Waals surface area contributed by atoms with Crippen LogP contribution in [0.25, 0.3) is 0 Å². The van der Waals surface area contributed by atoms with E-state index in [4.69, 9.17) is 0 Å². The zero-order valence-corrected chi connectivity index (χ0v) is 9.84. The molecule has 1 amide bonds. The molecular formula is C14H17NO. The van der Waals surface area contributed by atoms with Crippen LogP contribution < -0.4 is 5.32 Å². The minimum atomic E-state index is 0.0572. The molecular weight excluding hydrogens is 198 g/mol. The first-order valence-electron chi connectivity index (χ1n) is 5.44. The summed E-state index contributed by atoms with van der Waals surface area (Å²) >= 11 is 0. The molecule has 2 heteroatoms. The second-order valence-electron chi connectivity index (χ2n) is 3.69. The van der Waals surface area contributed by atoms with Gasteiger partial charge in [-0.05, 0) is 19.4 Å². The summed E-state index contributed by atoms with van der Waals surface area (Å²) in [5.41, 5.74) is 2.26. The quantitative estimate of drug-likeness (QED) is 0.604. The first-order chi connectivity index (χ1) is 7.72. The van der Waals surface area contributed by atoms with Crippen LogP contribution in [0.2, 0.25) is 0 Å². The number of aryl methyl sites for hydroxylation is 1. The number of amides is 1. The van der Waals surface area contributed by atoms with Crippen LogP contribution in [0.1, 0.15) is 24.5 Å². The minimum absolute atomic E-state index is 0.0572. The number of benzene rings is 1. The average molecular weight is 215 g/mol. The molecule has 0 atom stereocenters. The van der Waals surface area contributed by atoms with Crippen molar-refractivity contribution in [1.82, 2.24) is 5.32 Å². The molecule has 1 aromatic rings. The minimum Gasteiger partial charge on any atom is -0.355 e. The highest BCUT2D eigenvalue weighted by molar-refractivity contribution is 5.78. The van der Waals surface area contributed by atoms with Crippen molar-refractivity contribution in [1.29, 1.82) is 0 Å². The molecule has 1 aromatic carbocycles.